The Balaban J connectivity index is 2.03. The molecule has 0 aromatic heterocycles. The Bertz CT molecular complexity index is 516. The van der Waals surface area contributed by atoms with E-state index in [0.717, 1.165) is 11.3 Å². The third-order valence-electron chi connectivity index (χ3n) is 2.71. The summed E-state index contributed by atoms with van der Waals surface area (Å²) in [4.78, 5) is 0. The van der Waals surface area contributed by atoms with E-state index in [1.807, 2.05) is 36.5 Å². The first-order chi connectivity index (χ1) is 8.25. The van der Waals surface area contributed by atoms with Crippen LogP contribution in [0.4, 0.5) is 5.69 Å². The van der Waals surface area contributed by atoms with Crippen LogP contribution in [-0.2, 0) is 0 Å². The van der Waals surface area contributed by atoms with Gasteiger partial charge in [-0.15, -0.1) is 0 Å². The Labute approximate surface area is 102 Å². The van der Waals surface area contributed by atoms with E-state index in [1.54, 1.807) is 0 Å². The summed E-state index contributed by atoms with van der Waals surface area (Å²) in [5.74, 6) is 0. The van der Waals surface area contributed by atoms with Crippen molar-refractivity contribution in [1.82, 2.24) is 0 Å². The lowest BCUT2D eigenvalue weighted by atomic mass is 10.1. The topological polar surface area (TPSA) is 24.4 Å². The van der Waals surface area contributed by atoms with Crippen molar-refractivity contribution in [2.24, 2.45) is 5.10 Å². The number of anilines is 1. The van der Waals surface area contributed by atoms with E-state index < -0.39 is 0 Å². The Morgan fingerprint density at radius 2 is 1.71 bits per heavy atom. The van der Waals surface area contributed by atoms with Crippen molar-refractivity contribution in [2.75, 3.05) is 5.43 Å². The van der Waals surface area contributed by atoms with Gasteiger partial charge >= 0.3 is 0 Å². The molecule has 0 heterocycles. The zero-order valence-electron chi connectivity index (χ0n) is 10.1. The van der Waals surface area contributed by atoms with E-state index in [1.165, 1.54) is 11.1 Å². The Hall–Kier alpha value is -2.09. The molecule has 0 radical (unpaired) electrons. The quantitative estimate of drug-likeness (QED) is 0.623. The summed E-state index contributed by atoms with van der Waals surface area (Å²) in [5, 5.41) is 4.21. The SMILES string of the molecule is Cc1ccc(C=NNc2ccccc2)cc1C. The largest absolute Gasteiger partial charge is 0.279 e. The van der Waals surface area contributed by atoms with Crippen LogP contribution in [0.2, 0.25) is 0 Å². The van der Waals surface area contributed by atoms with Crippen molar-refractivity contribution in [3.05, 3.63) is 65.2 Å². The van der Waals surface area contributed by atoms with E-state index in [-0.39, 0.29) is 0 Å². The van der Waals surface area contributed by atoms with Gasteiger partial charge in [0.25, 0.3) is 0 Å². The van der Waals surface area contributed by atoms with Gasteiger partial charge in [0, 0.05) is 0 Å². The molecule has 0 amide bonds. The van der Waals surface area contributed by atoms with Gasteiger partial charge in [0.15, 0.2) is 0 Å². The van der Waals surface area contributed by atoms with Gasteiger partial charge in [-0.05, 0) is 42.7 Å². The average molecular weight is 224 g/mol. The molecule has 0 bridgehead atoms. The number of benzene rings is 2. The molecule has 17 heavy (non-hydrogen) atoms. The first-order valence-corrected chi connectivity index (χ1v) is 5.67. The van der Waals surface area contributed by atoms with Gasteiger partial charge in [0.2, 0.25) is 0 Å². The first kappa shape index (κ1) is 11.4. The van der Waals surface area contributed by atoms with Crippen LogP contribution in [0.3, 0.4) is 0 Å². The molecule has 0 aliphatic heterocycles. The molecular weight excluding hydrogens is 208 g/mol. The van der Waals surface area contributed by atoms with Gasteiger partial charge in [0.1, 0.15) is 0 Å². The minimum atomic E-state index is 0.993. The summed E-state index contributed by atoms with van der Waals surface area (Å²) in [6.07, 6.45) is 1.83. The van der Waals surface area contributed by atoms with Gasteiger partial charge < -0.3 is 0 Å². The summed E-state index contributed by atoms with van der Waals surface area (Å²) in [5.41, 5.74) is 7.69. The van der Waals surface area contributed by atoms with Crippen LogP contribution in [-0.4, -0.2) is 6.21 Å². The molecule has 0 aliphatic rings. The van der Waals surface area contributed by atoms with Crippen molar-refractivity contribution in [1.29, 1.82) is 0 Å². The average Bonchev–Trinajstić information content (AvgIpc) is 2.35. The smallest absolute Gasteiger partial charge is 0.0561 e. The molecule has 2 nitrogen and oxygen atoms in total. The third-order valence-corrected chi connectivity index (χ3v) is 2.71. The van der Waals surface area contributed by atoms with Crippen molar-refractivity contribution in [2.45, 2.75) is 13.8 Å². The molecular formula is C15H16N2. The van der Waals surface area contributed by atoms with Crippen molar-refractivity contribution in [3.8, 4) is 0 Å². The molecule has 0 aliphatic carbocycles. The molecule has 0 spiro atoms. The molecule has 0 atom stereocenters. The zero-order valence-corrected chi connectivity index (χ0v) is 10.1. The van der Waals surface area contributed by atoms with Crippen molar-refractivity contribution >= 4 is 11.9 Å². The molecule has 0 saturated carbocycles. The molecule has 0 saturated heterocycles. The van der Waals surface area contributed by atoms with E-state index in [0.29, 0.717) is 0 Å². The van der Waals surface area contributed by atoms with Gasteiger partial charge in [-0.3, -0.25) is 5.43 Å². The minimum Gasteiger partial charge on any atom is -0.279 e. The van der Waals surface area contributed by atoms with Gasteiger partial charge in [0.05, 0.1) is 11.9 Å². The summed E-state index contributed by atoms with van der Waals surface area (Å²) in [7, 11) is 0. The summed E-state index contributed by atoms with van der Waals surface area (Å²) in [6, 6.07) is 16.2. The molecule has 0 unspecified atom stereocenters. The second-order valence-electron chi connectivity index (χ2n) is 4.08. The highest BCUT2D eigenvalue weighted by atomic mass is 15.3. The highest BCUT2D eigenvalue weighted by Gasteiger charge is 1.93. The second-order valence-corrected chi connectivity index (χ2v) is 4.08. The number of rotatable bonds is 3. The summed E-state index contributed by atoms with van der Waals surface area (Å²) < 4.78 is 0. The van der Waals surface area contributed by atoms with E-state index in [4.69, 9.17) is 0 Å². The lowest BCUT2D eigenvalue weighted by Gasteiger charge is -2.01. The predicted molar refractivity (Wildman–Crippen MR) is 73.6 cm³/mol. The van der Waals surface area contributed by atoms with Crippen LogP contribution in [0.5, 0.6) is 0 Å². The molecule has 86 valence electrons. The molecule has 2 rings (SSSR count). The minimum absolute atomic E-state index is 0.993. The van der Waals surface area contributed by atoms with Crippen LogP contribution in [0.25, 0.3) is 0 Å². The Morgan fingerprint density at radius 3 is 2.41 bits per heavy atom. The molecule has 2 heteroatoms. The van der Waals surface area contributed by atoms with E-state index >= 15 is 0 Å². The molecule has 1 N–H and O–H groups in total. The normalized spacial score (nSPS) is 10.7. The number of para-hydroxylation sites is 1. The zero-order chi connectivity index (χ0) is 12.1. The maximum atomic E-state index is 4.21. The van der Waals surface area contributed by atoms with Crippen LogP contribution in [0.15, 0.2) is 53.6 Å². The number of hydrogen-bond donors (Lipinski definition) is 1. The maximum Gasteiger partial charge on any atom is 0.0561 e. The predicted octanol–water partition coefficient (Wildman–Crippen LogP) is 3.75. The van der Waals surface area contributed by atoms with Gasteiger partial charge in [-0.1, -0.05) is 36.4 Å². The van der Waals surface area contributed by atoms with Gasteiger partial charge in [-0.2, -0.15) is 5.10 Å². The first-order valence-electron chi connectivity index (χ1n) is 5.67. The van der Waals surface area contributed by atoms with Crippen molar-refractivity contribution < 1.29 is 0 Å². The lowest BCUT2D eigenvalue weighted by Crippen LogP contribution is -1.91. The lowest BCUT2D eigenvalue weighted by molar-refractivity contribution is 1.32. The molecule has 2 aromatic rings. The van der Waals surface area contributed by atoms with Crippen LogP contribution in [0.1, 0.15) is 16.7 Å². The monoisotopic (exact) mass is 224 g/mol. The third kappa shape index (κ3) is 3.18. The van der Waals surface area contributed by atoms with Gasteiger partial charge in [-0.25, -0.2) is 0 Å². The Morgan fingerprint density at radius 1 is 0.941 bits per heavy atom. The number of hydrogen-bond acceptors (Lipinski definition) is 2. The summed E-state index contributed by atoms with van der Waals surface area (Å²) in [6.45, 7) is 4.22. The fraction of sp³-hybridized carbons (Fsp3) is 0.133. The van der Waals surface area contributed by atoms with E-state index in [9.17, 15) is 0 Å². The number of nitrogens with one attached hydrogen (secondary N) is 1. The van der Waals surface area contributed by atoms with Crippen molar-refractivity contribution in [3.63, 3.8) is 0 Å². The molecule has 2 aromatic carbocycles. The highest BCUT2D eigenvalue weighted by molar-refractivity contribution is 5.80. The number of nitrogens with zero attached hydrogens (tertiary/aromatic N) is 1. The van der Waals surface area contributed by atoms with E-state index in [2.05, 4.69) is 42.6 Å². The number of hydrazone groups is 1. The van der Waals surface area contributed by atoms with Crippen LogP contribution < -0.4 is 5.43 Å². The highest BCUT2D eigenvalue weighted by Crippen LogP contribution is 2.08. The standard InChI is InChI=1S/C15H16N2/c1-12-8-9-14(10-13(12)2)11-16-17-15-6-4-3-5-7-15/h3-11,17H,1-2H3. The van der Waals surface area contributed by atoms with Crippen LogP contribution >= 0.6 is 0 Å². The fourth-order valence-electron chi connectivity index (χ4n) is 1.54. The maximum absolute atomic E-state index is 4.21. The number of aryl methyl sites for hydroxylation is 2. The molecule has 0 fully saturated rings. The second kappa shape index (κ2) is 5.30. The Kier molecular flexibility index (Phi) is 3.55. The summed E-state index contributed by atoms with van der Waals surface area (Å²) >= 11 is 0. The fourth-order valence-corrected chi connectivity index (χ4v) is 1.54. The van der Waals surface area contributed by atoms with Crippen LogP contribution in [0, 0.1) is 13.8 Å².